The van der Waals surface area contributed by atoms with E-state index in [0.717, 1.165) is 6.42 Å². The van der Waals surface area contributed by atoms with Crippen LogP contribution in [0.3, 0.4) is 0 Å². The molecule has 2 amide bonds. The van der Waals surface area contributed by atoms with E-state index in [1.54, 1.807) is 0 Å². The molecule has 0 aliphatic heterocycles. The lowest BCUT2D eigenvalue weighted by Crippen LogP contribution is -2.50. The maximum absolute atomic E-state index is 12.8. The molecule has 0 bridgehead atoms. The van der Waals surface area contributed by atoms with E-state index >= 15 is 0 Å². The summed E-state index contributed by atoms with van der Waals surface area (Å²) in [5.74, 6) is 1.37. The first-order valence-corrected chi connectivity index (χ1v) is 12.0. The van der Waals surface area contributed by atoms with E-state index in [1.807, 2.05) is 24.3 Å². The molecule has 5 rings (SSSR count). The van der Waals surface area contributed by atoms with Crippen LogP contribution in [0.1, 0.15) is 36.3 Å². The van der Waals surface area contributed by atoms with Crippen molar-refractivity contribution < 1.29 is 24.2 Å². The summed E-state index contributed by atoms with van der Waals surface area (Å²) in [6, 6.07) is 16.4. The van der Waals surface area contributed by atoms with E-state index in [2.05, 4.69) is 35.5 Å². The largest absolute Gasteiger partial charge is 0.480 e. The summed E-state index contributed by atoms with van der Waals surface area (Å²) < 4.78 is 5.67. The second kappa shape index (κ2) is 9.46. The standard InChI is InChI=1S/C28H28N2O5/c1-2-11-30(15-26(31)32)27(33)18-12-17-14-25(23(17)13-18)29-28(34)35-16-24-21-9-5-3-7-19(21)20-8-4-6-10-22(20)24/h1,3-10,17-18,23-25H,11-16H2,(H,29,34)(H,31,32)/t17-,18?,23-,25+/m1/s1. The normalized spacial score (nSPS) is 23.7. The first kappa shape index (κ1) is 23.0. The number of benzene rings is 2. The third kappa shape index (κ3) is 4.37. The van der Waals surface area contributed by atoms with Crippen LogP contribution in [0.5, 0.6) is 0 Å². The Morgan fingerprint density at radius 1 is 1.03 bits per heavy atom. The van der Waals surface area contributed by atoms with E-state index in [0.29, 0.717) is 18.8 Å². The number of carboxylic acids is 1. The quantitative estimate of drug-likeness (QED) is 0.602. The van der Waals surface area contributed by atoms with Crippen LogP contribution < -0.4 is 5.32 Å². The van der Waals surface area contributed by atoms with E-state index < -0.39 is 18.6 Å². The van der Waals surface area contributed by atoms with E-state index in [9.17, 15) is 14.4 Å². The topological polar surface area (TPSA) is 95.9 Å². The van der Waals surface area contributed by atoms with Gasteiger partial charge in [-0.1, -0.05) is 54.5 Å². The average Bonchev–Trinajstić information content (AvgIpc) is 3.35. The highest BCUT2D eigenvalue weighted by atomic mass is 16.5. The molecule has 2 N–H and O–H groups in total. The summed E-state index contributed by atoms with van der Waals surface area (Å²) >= 11 is 0. The molecular weight excluding hydrogens is 444 g/mol. The van der Waals surface area contributed by atoms with Gasteiger partial charge in [0.15, 0.2) is 0 Å². The Labute approximate surface area is 204 Å². The molecule has 1 unspecified atom stereocenters. The highest BCUT2D eigenvalue weighted by Gasteiger charge is 2.50. The number of carboxylic acid groups (broad SMARTS) is 1. The van der Waals surface area contributed by atoms with Crippen molar-refractivity contribution in [1.29, 1.82) is 0 Å². The van der Waals surface area contributed by atoms with Crippen LogP contribution in [0.15, 0.2) is 48.5 Å². The van der Waals surface area contributed by atoms with E-state index in [1.165, 1.54) is 27.2 Å². The number of nitrogens with zero attached hydrogens (tertiary/aromatic N) is 1. The summed E-state index contributed by atoms with van der Waals surface area (Å²) in [5.41, 5.74) is 4.70. The van der Waals surface area contributed by atoms with Gasteiger partial charge in [0.2, 0.25) is 5.91 Å². The Morgan fingerprint density at radius 3 is 2.31 bits per heavy atom. The number of rotatable bonds is 7. The van der Waals surface area contributed by atoms with Crippen molar-refractivity contribution in [3.63, 3.8) is 0 Å². The molecule has 2 saturated carbocycles. The molecule has 35 heavy (non-hydrogen) atoms. The van der Waals surface area contributed by atoms with E-state index in [4.69, 9.17) is 16.3 Å². The van der Waals surface area contributed by atoms with Crippen LogP contribution >= 0.6 is 0 Å². The van der Waals surface area contributed by atoms with Crippen molar-refractivity contribution in [2.24, 2.45) is 17.8 Å². The van der Waals surface area contributed by atoms with Crippen molar-refractivity contribution in [3.05, 3.63) is 59.7 Å². The van der Waals surface area contributed by atoms with Crippen LogP contribution in [-0.4, -0.2) is 53.7 Å². The molecule has 0 radical (unpaired) electrons. The number of hydrogen-bond acceptors (Lipinski definition) is 4. The lowest BCUT2D eigenvalue weighted by Gasteiger charge is -2.40. The minimum Gasteiger partial charge on any atom is -0.480 e. The van der Waals surface area contributed by atoms with Gasteiger partial charge in [-0.25, -0.2) is 4.79 Å². The second-order valence-electron chi connectivity index (χ2n) is 9.70. The SMILES string of the molecule is C#CCN(CC(=O)O)C(=O)C1C[C@@H]2C[C@H](NC(=O)OCC3c4ccccc4-c4ccccc43)[C@@H]2C1. The summed E-state index contributed by atoms with van der Waals surface area (Å²) in [6.45, 7) is -0.146. The molecule has 2 aromatic carbocycles. The minimum atomic E-state index is -1.08. The number of amides is 2. The van der Waals surface area contributed by atoms with Gasteiger partial charge in [0, 0.05) is 17.9 Å². The van der Waals surface area contributed by atoms with Crippen molar-refractivity contribution in [3.8, 4) is 23.5 Å². The Balaban J connectivity index is 1.15. The fraction of sp³-hybridized carbons (Fsp3) is 0.393. The number of hydrogen-bond donors (Lipinski definition) is 2. The molecule has 7 nitrogen and oxygen atoms in total. The summed E-state index contributed by atoms with van der Waals surface area (Å²) in [4.78, 5) is 37.8. The minimum absolute atomic E-state index is 0.00662. The lowest BCUT2D eigenvalue weighted by atomic mass is 9.71. The molecule has 0 spiro atoms. The number of nitrogens with one attached hydrogen (secondary N) is 1. The molecule has 0 saturated heterocycles. The Kier molecular flexibility index (Phi) is 6.21. The van der Waals surface area contributed by atoms with Crippen molar-refractivity contribution >= 4 is 18.0 Å². The maximum atomic E-state index is 12.8. The Hall–Kier alpha value is -3.79. The number of aliphatic carboxylic acids is 1. The van der Waals surface area contributed by atoms with Gasteiger partial charge in [0.1, 0.15) is 13.2 Å². The predicted molar refractivity (Wildman–Crippen MR) is 129 cm³/mol. The molecule has 4 atom stereocenters. The van der Waals surface area contributed by atoms with Crippen LogP contribution in [0.25, 0.3) is 11.1 Å². The first-order valence-electron chi connectivity index (χ1n) is 12.0. The smallest absolute Gasteiger partial charge is 0.407 e. The monoisotopic (exact) mass is 472 g/mol. The van der Waals surface area contributed by atoms with Crippen LogP contribution in [-0.2, 0) is 14.3 Å². The molecule has 2 aromatic rings. The number of ether oxygens (including phenoxy) is 1. The zero-order valence-electron chi connectivity index (χ0n) is 19.4. The number of carbonyl (C=O) groups excluding carboxylic acids is 2. The van der Waals surface area contributed by atoms with Gasteiger partial charge in [0.25, 0.3) is 0 Å². The molecule has 0 aromatic heterocycles. The summed E-state index contributed by atoms with van der Waals surface area (Å²) in [5, 5.41) is 12.1. The van der Waals surface area contributed by atoms with Gasteiger partial charge in [-0.15, -0.1) is 6.42 Å². The van der Waals surface area contributed by atoms with Gasteiger partial charge < -0.3 is 20.1 Å². The summed E-state index contributed by atoms with van der Waals surface area (Å²) in [6.07, 6.45) is 7.00. The van der Waals surface area contributed by atoms with Gasteiger partial charge in [0.05, 0.1) is 6.54 Å². The number of fused-ring (bicyclic) bond motifs is 4. The highest BCUT2D eigenvalue weighted by molar-refractivity contribution is 5.84. The Bertz CT molecular complexity index is 1160. The third-order valence-corrected chi connectivity index (χ3v) is 7.74. The molecule has 2 fully saturated rings. The van der Waals surface area contributed by atoms with Gasteiger partial charge in [-0.2, -0.15) is 0 Å². The fourth-order valence-electron chi connectivity index (χ4n) is 6.13. The first-order chi connectivity index (χ1) is 17.0. The molecular formula is C28H28N2O5. The zero-order chi connectivity index (χ0) is 24.5. The lowest BCUT2D eigenvalue weighted by molar-refractivity contribution is -0.145. The fourth-order valence-corrected chi connectivity index (χ4v) is 6.13. The van der Waals surface area contributed by atoms with Gasteiger partial charge in [-0.3, -0.25) is 9.59 Å². The molecule has 3 aliphatic rings. The molecule has 180 valence electrons. The molecule has 0 heterocycles. The number of terminal acetylenes is 1. The maximum Gasteiger partial charge on any atom is 0.407 e. The van der Waals surface area contributed by atoms with Crippen LogP contribution in [0, 0.1) is 30.1 Å². The van der Waals surface area contributed by atoms with Crippen molar-refractivity contribution in [2.75, 3.05) is 19.7 Å². The Morgan fingerprint density at radius 2 is 1.69 bits per heavy atom. The van der Waals surface area contributed by atoms with Gasteiger partial charge >= 0.3 is 12.1 Å². The zero-order valence-corrected chi connectivity index (χ0v) is 19.4. The average molecular weight is 473 g/mol. The van der Waals surface area contributed by atoms with Crippen molar-refractivity contribution in [2.45, 2.75) is 31.2 Å². The molecule has 3 aliphatic carbocycles. The summed E-state index contributed by atoms with van der Waals surface area (Å²) in [7, 11) is 0. The second-order valence-corrected chi connectivity index (χ2v) is 9.70. The van der Waals surface area contributed by atoms with E-state index in [-0.39, 0.29) is 42.9 Å². The number of carbonyl (C=O) groups is 3. The third-order valence-electron chi connectivity index (χ3n) is 7.74. The highest BCUT2D eigenvalue weighted by Crippen LogP contribution is 2.50. The predicted octanol–water partition coefficient (Wildman–Crippen LogP) is 3.49. The van der Waals surface area contributed by atoms with Crippen LogP contribution in [0.2, 0.25) is 0 Å². The van der Waals surface area contributed by atoms with Crippen LogP contribution in [0.4, 0.5) is 4.79 Å². The molecule has 7 heteroatoms. The number of alkyl carbamates (subject to hydrolysis) is 1. The van der Waals surface area contributed by atoms with Crippen molar-refractivity contribution in [1.82, 2.24) is 10.2 Å². The van der Waals surface area contributed by atoms with Gasteiger partial charge in [-0.05, 0) is 53.4 Å².